The lowest BCUT2D eigenvalue weighted by Crippen LogP contribution is -2.47. The maximum absolute atomic E-state index is 14.4. The van der Waals surface area contributed by atoms with Crippen molar-refractivity contribution in [3.05, 3.63) is 89.5 Å². The molecule has 0 spiro atoms. The second-order valence-corrected chi connectivity index (χ2v) is 10.3. The first-order chi connectivity index (χ1) is 16.3. The first-order valence-electron chi connectivity index (χ1n) is 11.2. The van der Waals surface area contributed by atoms with Gasteiger partial charge in [-0.3, -0.25) is 9.21 Å². The minimum absolute atomic E-state index is 0.0219. The Morgan fingerprint density at radius 3 is 2.32 bits per heavy atom. The SMILES string of the molecule is COc1ccccc1CN1CCC(N(c2ccc(C)c(F)c2)S(=O)(=O)c2ccc(F)cc2)CC1. The second kappa shape index (κ2) is 10.1. The van der Waals surface area contributed by atoms with Gasteiger partial charge in [0.2, 0.25) is 0 Å². The van der Waals surface area contributed by atoms with E-state index in [-0.39, 0.29) is 16.6 Å². The number of anilines is 1. The molecule has 1 fully saturated rings. The molecule has 1 aliphatic rings. The topological polar surface area (TPSA) is 49.9 Å². The van der Waals surface area contributed by atoms with Crippen LogP contribution in [0, 0.1) is 18.6 Å². The predicted octanol–water partition coefficient (Wildman–Crippen LogP) is 5.14. The van der Waals surface area contributed by atoms with E-state index in [1.54, 1.807) is 26.2 Å². The van der Waals surface area contributed by atoms with Gasteiger partial charge in [0.05, 0.1) is 17.7 Å². The van der Waals surface area contributed by atoms with E-state index in [2.05, 4.69) is 4.90 Å². The first-order valence-corrected chi connectivity index (χ1v) is 12.6. The van der Waals surface area contributed by atoms with Gasteiger partial charge in [-0.05, 0) is 67.8 Å². The smallest absolute Gasteiger partial charge is 0.264 e. The lowest BCUT2D eigenvalue weighted by atomic mass is 10.0. The van der Waals surface area contributed by atoms with Gasteiger partial charge in [-0.2, -0.15) is 0 Å². The van der Waals surface area contributed by atoms with Crippen molar-refractivity contribution in [3.8, 4) is 5.75 Å². The van der Waals surface area contributed by atoms with Crippen LogP contribution in [0.4, 0.5) is 14.5 Å². The van der Waals surface area contributed by atoms with Crippen LogP contribution in [0.5, 0.6) is 5.75 Å². The Morgan fingerprint density at radius 1 is 1.00 bits per heavy atom. The third kappa shape index (κ3) is 5.08. The van der Waals surface area contributed by atoms with E-state index in [1.807, 2.05) is 24.3 Å². The van der Waals surface area contributed by atoms with Crippen LogP contribution in [0.15, 0.2) is 71.6 Å². The van der Waals surface area contributed by atoms with E-state index in [0.717, 1.165) is 23.4 Å². The van der Waals surface area contributed by atoms with E-state index < -0.39 is 21.7 Å². The lowest BCUT2D eigenvalue weighted by molar-refractivity contribution is 0.204. The van der Waals surface area contributed by atoms with Crippen molar-refractivity contribution < 1.29 is 21.9 Å². The fourth-order valence-corrected chi connectivity index (χ4v) is 6.07. The molecule has 0 N–H and O–H groups in total. The predicted molar refractivity (Wildman–Crippen MR) is 128 cm³/mol. The molecule has 1 aliphatic heterocycles. The summed E-state index contributed by atoms with van der Waals surface area (Å²) in [6.45, 7) is 3.67. The summed E-state index contributed by atoms with van der Waals surface area (Å²) in [6.07, 6.45) is 1.15. The molecule has 4 rings (SSSR count). The van der Waals surface area contributed by atoms with Gasteiger partial charge in [0.1, 0.15) is 17.4 Å². The molecule has 0 aromatic heterocycles. The average molecular weight is 487 g/mol. The number of ether oxygens (including phenoxy) is 1. The molecule has 8 heteroatoms. The van der Waals surface area contributed by atoms with Crippen molar-refractivity contribution in [2.24, 2.45) is 0 Å². The van der Waals surface area contributed by atoms with Crippen molar-refractivity contribution in [2.75, 3.05) is 24.5 Å². The molecule has 1 saturated heterocycles. The normalized spacial score (nSPS) is 15.3. The Kier molecular flexibility index (Phi) is 7.19. The van der Waals surface area contributed by atoms with Gasteiger partial charge in [-0.15, -0.1) is 0 Å². The van der Waals surface area contributed by atoms with E-state index in [4.69, 9.17) is 4.74 Å². The van der Waals surface area contributed by atoms with Gasteiger partial charge in [-0.1, -0.05) is 24.3 Å². The molecule has 0 saturated carbocycles. The van der Waals surface area contributed by atoms with E-state index in [0.29, 0.717) is 38.0 Å². The molecule has 5 nitrogen and oxygen atoms in total. The number of methoxy groups -OCH3 is 1. The number of benzene rings is 3. The van der Waals surface area contributed by atoms with Crippen molar-refractivity contribution in [2.45, 2.75) is 37.2 Å². The standard InChI is InChI=1S/C26H28F2N2O3S/c1-19-7-10-23(17-25(19)28)30(34(31,32)24-11-8-21(27)9-12-24)22-13-15-29(16-14-22)18-20-5-3-4-6-26(20)33-2/h3-12,17,22H,13-16,18H2,1-2H3. The number of para-hydroxylation sites is 1. The molecule has 3 aromatic carbocycles. The van der Waals surface area contributed by atoms with Crippen LogP contribution in [0.25, 0.3) is 0 Å². The number of halogens is 2. The van der Waals surface area contributed by atoms with E-state index in [1.165, 1.54) is 22.5 Å². The van der Waals surface area contributed by atoms with Crippen molar-refractivity contribution in [1.82, 2.24) is 4.90 Å². The van der Waals surface area contributed by atoms with Gasteiger partial charge in [0.25, 0.3) is 10.0 Å². The molecule has 0 radical (unpaired) electrons. The van der Waals surface area contributed by atoms with Crippen LogP contribution < -0.4 is 9.04 Å². The molecule has 0 amide bonds. The number of hydrogen-bond acceptors (Lipinski definition) is 4. The largest absolute Gasteiger partial charge is 0.496 e. The molecular weight excluding hydrogens is 458 g/mol. The summed E-state index contributed by atoms with van der Waals surface area (Å²) in [5, 5.41) is 0. The Hall–Kier alpha value is -2.97. The summed E-state index contributed by atoms with van der Waals surface area (Å²) in [7, 11) is -2.38. The Morgan fingerprint density at radius 2 is 1.68 bits per heavy atom. The number of hydrogen-bond donors (Lipinski definition) is 0. The van der Waals surface area contributed by atoms with Crippen LogP contribution in [0.3, 0.4) is 0 Å². The van der Waals surface area contributed by atoms with Gasteiger partial charge >= 0.3 is 0 Å². The number of piperidine rings is 1. The summed E-state index contributed by atoms with van der Waals surface area (Å²) in [4.78, 5) is 2.23. The quantitative estimate of drug-likeness (QED) is 0.464. The summed E-state index contributed by atoms with van der Waals surface area (Å²) >= 11 is 0. The molecule has 3 aromatic rings. The summed E-state index contributed by atoms with van der Waals surface area (Å²) in [5.41, 5.74) is 1.78. The van der Waals surface area contributed by atoms with Crippen molar-refractivity contribution >= 4 is 15.7 Å². The third-order valence-corrected chi connectivity index (χ3v) is 8.15. The van der Waals surface area contributed by atoms with Crippen molar-refractivity contribution in [3.63, 3.8) is 0 Å². The van der Waals surface area contributed by atoms with Crippen molar-refractivity contribution in [1.29, 1.82) is 0 Å². The third-order valence-electron chi connectivity index (χ3n) is 6.26. The molecule has 1 heterocycles. The number of nitrogens with zero attached hydrogens (tertiary/aromatic N) is 2. The molecule has 34 heavy (non-hydrogen) atoms. The van der Waals surface area contributed by atoms with Crippen LogP contribution in [0.2, 0.25) is 0 Å². The summed E-state index contributed by atoms with van der Waals surface area (Å²) in [5.74, 6) is -0.165. The zero-order valence-electron chi connectivity index (χ0n) is 19.2. The van der Waals surface area contributed by atoms with Crippen LogP contribution in [-0.2, 0) is 16.6 Å². The maximum atomic E-state index is 14.4. The number of aryl methyl sites for hydroxylation is 1. The summed E-state index contributed by atoms with van der Waals surface area (Å²) in [6, 6.07) is 16.7. The van der Waals surface area contributed by atoms with Crippen LogP contribution in [-0.4, -0.2) is 39.6 Å². The molecular formula is C26H28F2N2O3S. The zero-order valence-corrected chi connectivity index (χ0v) is 20.1. The van der Waals surface area contributed by atoms with Gasteiger partial charge in [0.15, 0.2) is 0 Å². The Bertz CT molecular complexity index is 1240. The fraction of sp³-hybridized carbons (Fsp3) is 0.308. The van der Waals surface area contributed by atoms with Gasteiger partial charge in [0, 0.05) is 31.2 Å². The van der Waals surface area contributed by atoms with Gasteiger partial charge in [-0.25, -0.2) is 17.2 Å². The monoisotopic (exact) mass is 486 g/mol. The molecule has 0 unspecified atom stereocenters. The van der Waals surface area contributed by atoms with E-state index >= 15 is 0 Å². The first kappa shape index (κ1) is 24.2. The maximum Gasteiger partial charge on any atom is 0.264 e. The highest BCUT2D eigenvalue weighted by Crippen LogP contribution is 2.32. The summed E-state index contributed by atoms with van der Waals surface area (Å²) < 4.78 is 61.9. The lowest BCUT2D eigenvalue weighted by Gasteiger charge is -2.39. The average Bonchev–Trinajstić information content (AvgIpc) is 2.83. The van der Waals surface area contributed by atoms with Crippen LogP contribution in [0.1, 0.15) is 24.0 Å². The molecule has 0 aliphatic carbocycles. The Balaban J connectivity index is 1.60. The molecule has 180 valence electrons. The highest BCUT2D eigenvalue weighted by Gasteiger charge is 2.34. The molecule has 0 atom stereocenters. The fourth-order valence-electron chi connectivity index (χ4n) is 4.37. The second-order valence-electron chi connectivity index (χ2n) is 8.51. The highest BCUT2D eigenvalue weighted by molar-refractivity contribution is 7.92. The number of sulfonamides is 1. The Labute approximate surface area is 199 Å². The van der Waals surface area contributed by atoms with Crippen LogP contribution >= 0.6 is 0 Å². The minimum atomic E-state index is -4.03. The number of rotatable bonds is 7. The van der Waals surface area contributed by atoms with E-state index in [9.17, 15) is 17.2 Å². The van der Waals surface area contributed by atoms with Gasteiger partial charge < -0.3 is 4.74 Å². The minimum Gasteiger partial charge on any atom is -0.496 e. The zero-order chi connectivity index (χ0) is 24.3. The molecule has 0 bridgehead atoms. The highest BCUT2D eigenvalue weighted by atomic mass is 32.2. The number of likely N-dealkylation sites (tertiary alicyclic amines) is 1.